The van der Waals surface area contributed by atoms with Crippen LogP contribution in [0.4, 0.5) is 26.3 Å². The first-order valence-electron chi connectivity index (χ1n) is 16.9. The van der Waals surface area contributed by atoms with Crippen LogP contribution < -0.4 is 10.1 Å². The number of likely N-dealkylation sites (tertiary alicyclic amines) is 1. The summed E-state index contributed by atoms with van der Waals surface area (Å²) in [4.78, 5) is 23.0. The van der Waals surface area contributed by atoms with Crippen LogP contribution in [0.1, 0.15) is 45.9 Å². The third kappa shape index (κ3) is 8.45. The molecule has 284 valence electrons. The summed E-state index contributed by atoms with van der Waals surface area (Å²) in [6.07, 6.45) is -7.41. The first-order valence-corrected chi connectivity index (χ1v) is 18.8. The number of nitrogens with zero attached hydrogens (tertiary/aromatic N) is 3. The van der Waals surface area contributed by atoms with Crippen LogP contribution in [0, 0.1) is 0 Å². The molecule has 2 aliphatic heterocycles. The van der Waals surface area contributed by atoms with Crippen molar-refractivity contribution < 1.29 is 49.0 Å². The van der Waals surface area contributed by atoms with E-state index in [1.165, 1.54) is 55.6 Å². The molecule has 0 radical (unpaired) electrons. The number of hydrogen-bond donors (Lipinski definition) is 1. The van der Waals surface area contributed by atoms with Gasteiger partial charge >= 0.3 is 12.4 Å². The second-order valence-electron chi connectivity index (χ2n) is 13.2. The molecule has 2 saturated heterocycles. The minimum atomic E-state index is -4.95. The van der Waals surface area contributed by atoms with Crippen molar-refractivity contribution in [1.29, 1.82) is 0 Å². The van der Waals surface area contributed by atoms with E-state index in [1.807, 2.05) is 4.90 Å². The van der Waals surface area contributed by atoms with Crippen molar-refractivity contribution in [3.05, 3.63) is 89.0 Å². The van der Waals surface area contributed by atoms with E-state index in [0.29, 0.717) is 26.3 Å². The number of morpholine rings is 1. The summed E-state index contributed by atoms with van der Waals surface area (Å²) in [5, 5.41) is 2.02. The van der Waals surface area contributed by atoms with Gasteiger partial charge in [0.25, 0.3) is 5.91 Å². The average Bonchev–Trinajstić information content (AvgIpc) is 3.12. The average molecular weight is 765 g/mol. The van der Waals surface area contributed by atoms with Gasteiger partial charge in [0.2, 0.25) is 0 Å². The van der Waals surface area contributed by atoms with Crippen LogP contribution in [-0.2, 0) is 27.3 Å². The highest BCUT2D eigenvalue weighted by Gasteiger charge is 2.43. The Morgan fingerprint density at radius 3 is 2.25 bits per heavy atom. The molecule has 9 nitrogen and oxygen atoms in total. The number of carbonyl (C=O) groups is 1. The molecule has 4 aromatic rings. The molecule has 53 heavy (non-hydrogen) atoms. The summed E-state index contributed by atoms with van der Waals surface area (Å²) in [5.41, 5.74) is -2.18. The molecule has 0 saturated carbocycles. The van der Waals surface area contributed by atoms with Crippen LogP contribution in [0.3, 0.4) is 0 Å². The molecular formula is C37H38F6N4O5S. The molecule has 1 atom stereocenters. The van der Waals surface area contributed by atoms with Crippen molar-refractivity contribution >= 4 is 26.6 Å². The number of alkyl halides is 6. The van der Waals surface area contributed by atoms with Crippen molar-refractivity contribution in [3.63, 3.8) is 0 Å². The van der Waals surface area contributed by atoms with E-state index >= 15 is 0 Å². The van der Waals surface area contributed by atoms with Gasteiger partial charge in [-0.05, 0) is 55.8 Å². The van der Waals surface area contributed by atoms with Crippen LogP contribution in [0.15, 0.2) is 71.6 Å². The van der Waals surface area contributed by atoms with E-state index in [0.717, 1.165) is 50.4 Å². The number of hydrogen-bond acceptors (Lipinski definition) is 8. The van der Waals surface area contributed by atoms with Crippen LogP contribution in [0.5, 0.6) is 5.75 Å². The van der Waals surface area contributed by atoms with Crippen LogP contribution >= 0.6 is 0 Å². The Hall–Kier alpha value is -4.25. The fourth-order valence-corrected chi connectivity index (χ4v) is 8.17. The quantitative estimate of drug-likeness (QED) is 0.189. The molecule has 0 bridgehead atoms. The van der Waals surface area contributed by atoms with E-state index in [-0.39, 0.29) is 57.2 Å². The van der Waals surface area contributed by atoms with Crippen molar-refractivity contribution in [2.24, 2.45) is 0 Å². The molecule has 2 fully saturated rings. The van der Waals surface area contributed by atoms with Gasteiger partial charge in [0.05, 0.1) is 42.7 Å². The Morgan fingerprint density at radius 1 is 0.962 bits per heavy atom. The number of ether oxygens (including phenoxy) is 2. The number of aromatic nitrogens is 1. The SMILES string of the molecule is COc1ccc2c(C(=O)N[C@H](c3ccccc3)C(F)(F)F)c(CN3CCC(N4CCOCC4)CC3)c(-c3cccc(C(F)(F)F)c3)nc2c1S(C)(=O)=O. The first-order chi connectivity index (χ1) is 25.1. The maximum absolute atomic E-state index is 14.6. The highest BCUT2D eigenvalue weighted by Crippen LogP contribution is 2.41. The second-order valence-corrected chi connectivity index (χ2v) is 15.1. The number of fused-ring (bicyclic) bond motifs is 1. The third-order valence-corrected chi connectivity index (χ3v) is 10.8. The van der Waals surface area contributed by atoms with Gasteiger partial charge in [-0.2, -0.15) is 26.3 Å². The maximum atomic E-state index is 14.6. The van der Waals surface area contributed by atoms with Crippen molar-refractivity contribution in [1.82, 2.24) is 20.1 Å². The smallest absolute Gasteiger partial charge is 0.416 e. The zero-order valence-corrected chi connectivity index (χ0v) is 29.7. The standard InChI is InChI=1S/C37H38F6N4O5S/c1-51-29-12-11-27-30(35(48)45-34(37(41,42)43)23-7-4-3-5-8-23)28(22-46-15-13-26(14-16-46)47-17-19-52-20-18-47)31(44-32(27)33(29)53(2,49)50)24-9-6-10-25(21-24)36(38,39)40/h3-12,21,26,34H,13-20,22H2,1-2H3,(H,45,48)/t34-/m1/s1. The normalized spacial score (nSPS) is 17.5. The highest BCUT2D eigenvalue weighted by atomic mass is 32.2. The number of nitrogens with one attached hydrogen (secondary N) is 1. The summed E-state index contributed by atoms with van der Waals surface area (Å²) >= 11 is 0. The monoisotopic (exact) mass is 764 g/mol. The number of carbonyl (C=O) groups excluding carboxylic acids is 1. The third-order valence-electron chi connectivity index (χ3n) is 9.69. The number of sulfone groups is 1. The number of amides is 1. The van der Waals surface area contributed by atoms with E-state index in [9.17, 15) is 39.6 Å². The molecule has 3 aromatic carbocycles. The number of halogens is 6. The number of piperidine rings is 1. The van der Waals surface area contributed by atoms with Crippen molar-refractivity contribution in [3.8, 4) is 17.0 Å². The molecule has 1 N–H and O–H groups in total. The predicted octanol–water partition coefficient (Wildman–Crippen LogP) is 6.66. The Morgan fingerprint density at radius 2 is 1.64 bits per heavy atom. The zero-order valence-electron chi connectivity index (χ0n) is 28.9. The molecule has 0 spiro atoms. The summed E-state index contributed by atoms with van der Waals surface area (Å²) in [6, 6.07) is 11.3. The Bertz CT molecular complexity index is 2060. The van der Waals surface area contributed by atoms with Gasteiger partial charge in [-0.3, -0.25) is 14.6 Å². The number of pyridine rings is 1. The lowest BCUT2D eigenvalue weighted by Crippen LogP contribution is -2.48. The number of benzene rings is 3. The fraction of sp³-hybridized carbons (Fsp3) is 0.405. The molecule has 6 rings (SSSR count). The summed E-state index contributed by atoms with van der Waals surface area (Å²) in [7, 11) is -2.99. The maximum Gasteiger partial charge on any atom is 0.416 e. The summed E-state index contributed by atoms with van der Waals surface area (Å²) < 4.78 is 123. The summed E-state index contributed by atoms with van der Waals surface area (Å²) in [5.74, 6) is -1.37. The van der Waals surface area contributed by atoms with E-state index in [4.69, 9.17) is 9.47 Å². The Labute approximate surface area is 302 Å². The van der Waals surface area contributed by atoms with Gasteiger partial charge in [-0.1, -0.05) is 42.5 Å². The minimum absolute atomic E-state index is 0.0535. The van der Waals surface area contributed by atoms with E-state index in [1.54, 1.807) is 0 Å². The largest absolute Gasteiger partial charge is 0.495 e. The van der Waals surface area contributed by atoms with Crippen molar-refractivity contribution in [2.75, 3.05) is 52.8 Å². The van der Waals surface area contributed by atoms with Gasteiger partial charge in [0.15, 0.2) is 15.9 Å². The van der Waals surface area contributed by atoms with Gasteiger partial charge in [0, 0.05) is 48.4 Å². The first kappa shape index (κ1) is 38.5. The number of methoxy groups -OCH3 is 1. The summed E-state index contributed by atoms with van der Waals surface area (Å²) in [6.45, 7) is 3.72. The zero-order chi connectivity index (χ0) is 38.1. The van der Waals surface area contributed by atoms with Crippen LogP contribution in [0.2, 0.25) is 0 Å². The molecule has 1 aromatic heterocycles. The molecule has 0 unspecified atom stereocenters. The topological polar surface area (TPSA) is 101 Å². The molecule has 0 aliphatic carbocycles. The molecular weight excluding hydrogens is 726 g/mol. The van der Waals surface area contributed by atoms with Gasteiger partial charge in [-0.15, -0.1) is 0 Å². The second kappa shape index (κ2) is 15.2. The molecule has 2 aliphatic rings. The lowest BCUT2D eigenvalue weighted by atomic mass is 9.93. The van der Waals surface area contributed by atoms with Gasteiger partial charge in [-0.25, -0.2) is 13.4 Å². The lowest BCUT2D eigenvalue weighted by Gasteiger charge is -2.40. The minimum Gasteiger partial charge on any atom is -0.495 e. The van der Waals surface area contributed by atoms with E-state index < -0.39 is 44.6 Å². The molecule has 3 heterocycles. The molecule has 1 amide bonds. The highest BCUT2D eigenvalue weighted by molar-refractivity contribution is 7.91. The lowest BCUT2D eigenvalue weighted by molar-refractivity contribution is -0.155. The Balaban J connectivity index is 1.57. The number of rotatable bonds is 9. The molecule has 16 heteroatoms. The van der Waals surface area contributed by atoms with Crippen molar-refractivity contribution in [2.45, 2.75) is 48.7 Å². The van der Waals surface area contributed by atoms with Gasteiger partial charge < -0.3 is 14.8 Å². The van der Waals surface area contributed by atoms with Crippen LogP contribution in [0.25, 0.3) is 22.2 Å². The van der Waals surface area contributed by atoms with Crippen LogP contribution in [-0.4, -0.2) is 94.1 Å². The van der Waals surface area contributed by atoms with E-state index in [2.05, 4.69) is 15.2 Å². The Kier molecular flexibility index (Phi) is 11.1. The van der Waals surface area contributed by atoms with Gasteiger partial charge in [0.1, 0.15) is 10.6 Å². The fourth-order valence-electron chi connectivity index (χ4n) is 7.15. The predicted molar refractivity (Wildman–Crippen MR) is 185 cm³/mol.